The summed E-state index contributed by atoms with van der Waals surface area (Å²) in [5, 5.41) is 19.8. The van der Waals surface area contributed by atoms with Crippen LogP contribution in [0.2, 0.25) is 0 Å². The maximum Gasteiger partial charge on any atom is 0.309 e. The van der Waals surface area contributed by atoms with Crippen molar-refractivity contribution in [2.24, 2.45) is 136 Å². The number of hydrogen-bond donors (Lipinski definition) is 2. The molecule has 0 aromatic heterocycles. The third-order valence-electron chi connectivity index (χ3n) is 22.3. The lowest BCUT2D eigenvalue weighted by Crippen LogP contribution is -2.51. The third-order valence-corrected chi connectivity index (χ3v) is 22.3. The Morgan fingerprint density at radius 2 is 1.06 bits per heavy atom. The summed E-state index contributed by atoms with van der Waals surface area (Å²) in [6, 6.07) is 0. The lowest BCUT2D eigenvalue weighted by atomic mass is 9.54. The fourth-order valence-corrected chi connectivity index (χ4v) is 20.5. The van der Waals surface area contributed by atoms with Crippen LogP contribution in [0.15, 0.2) is 0 Å². The molecule has 13 nitrogen and oxygen atoms in total. The maximum absolute atomic E-state index is 13.8. The minimum absolute atomic E-state index is 0.00760. The van der Waals surface area contributed by atoms with Crippen LogP contribution in [0.5, 0.6) is 0 Å². The normalized spacial score (nSPS) is 56.4. The number of nitrogens with zero attached hydrogens (tertiary/aromatic N) is 1. The van der Waals surface area contributed by atoms with Crippen molar-refractivity contribution in [1.29, 1.82) is 0 Å². The van der Waals surface area contributed by atoms with Crippen molar-refractivity contribution in [1.82, 2.24) is 4.90 Å². The second-order valence-corrected chi connectivity index (χ2v) is 25.4. The summed E-state index contributed by atoms with van der Waals surface area (Å²) in [4.78, 5) is 68.1. The van der Waals surface area contributed by atoms with Crippen LogP contribution < -0.4 is 0 Å². The van der Waals surface area contributed by atoms with Gasteiger partial charge >= 0.3 is 17.9 Å². The number of likely N-dealkylation sites (tertiary alicyclic amines) is 1. The molecule has 29 atom stereocenters. The number of rotatable bonds is 11. The molecule has 13 heteroatoms. The second-order valence-electron chi connectivity index (χ2n) is 25.4. The first-order valence-corrected chi connectivity index (χ1v) is 26.1. The minimum Gasteiger partial charge on any atom is -0.481 e. The third kappa shape index (κ3) is 5.73. The number of imide groups is 1. The number of carboxylic acids is 1. The van der Waals surface area contributed by atoms with Crippen molar-refractivity contribution < 1.29 is 57.9 Å². The van der Waals surface area contributed by atoms with Crippen molar-refractivity contribution in [2.75, 3.05) is 20.3 Å². The van der Waals surface area contributed by atoms with Gasteiger partial charge in [-0.05, 0) is 185 Å². The monoisotopic (exact) mass is 901 g/mol. The molecule has 7 saturated heterocycles. The molecule has 2 N–H and O–H groups in total. The standard InChI is InChI=1S/C52H71NO12/c1-18-23(42-39-27-10-21(35(39)41(18)62-42)14-34(27)51(60)65-52(3,4)5)15-28-31(46-40-26-11-22(37(40)43(28)63-46)13-33(26)50(59)61-8-7-54)17-30-29(16-24-19(2)47(55)53(6)48(24)56)45-38-25-9-20(12-32(25)49(57)58)36(38)44(30)64-45/h18-46,54H,7-17H2,1-6H3,(H,57,58). The molecule has 0 radical (unpaired) electrons. The molecule has 0 spiro atoms. The molecule has 7 heterocycles. The van der Waals surface area contributed by atoms with Crippen LogP contribution in [0.1, 0.15) is 92.4 Å². The molecule has 12 bridgehead atoms. The van der Waals surface area contributed by atoms with Crippen LogP contribution in [0.4, 0.5) is 0 Å². The van der Waals surface area contributed by atoms with Gasteiger partial charge in [0, 0.05) is 13.0 Å². The number of carbonyl (C=O) groups is 5. The molecule has 7 aliphatic heterocycles. The van der Waals surface area contributed by atoms with Gasteiger partial charge in [-0.1, -0.05) is 13.8 Å². The van der Waals surface area contributed by atoms with Gasteiger partial charge in [-0.15, -0.1) is 0 Å². The summed E-state index contributed by atoms with van der Waals surface area (Å²) in [5.74, 6) is 2.67. The van der Waals surface area contributed by atoms with Gasteiger partial charge in [-0.3, -0.25) is 28.9 Å². The first-order valence-electron chi connectivity index (χ1n) is 26.1. The molecular weight excluding hydrogens is 831 g/mol. The minimum atomic E-state index is -0.699. The Hall–Kier alpha value is -2.61. The average molecular weight is 902 g/mol. The largest absolute Gasteiger partial charge is 0.481 e. The quantitative estimate of drug-likeness (QED) is 0.208. The number of amides is 2. The van der Waals surface area contributed by atoms with Crippen molar-refractivity contribution in [3.63, 3.8) is 0 Å². The van der Waals surface area contributed by atoms with E-state index in [1.165, 1.54) is 4.90 Å². The smallest absolute Gasteiger partial charge is 0.309 e. The van der Waals surface area contributed by atoms with E-state index in [9.17, 15) is 34.2 Å². The number of carboxylic acid groups (broad SMARTS) is 1. The van der Waals surface area contributed by atoms with E-state index >= 15 is 0 Å². The van der Waals surface area contributed by atoms with E-state index < -0.39 is 23.4 Å². The summed E-state index contributed by atoms with van der Waals surface area (Å²) in [5.41, 5.74) is -0.519. The van der Waals surface area contributed by atoms with E-state index in [1.54, 1.807) is 7.05 Å². The predicted molar refractivity (Wildman–Crippen MR) is 228 cm³/mol. The van der Waals surface area contributed by atoms with Gasteiger partial charge in [-0.25, -0.2) is 0 Å². The summed E-state index contributed by atoms with van der Waals surface area (Å²) >= 11 is 0. The van der Waals surface area contributed by atoms with Crippen LogP contribution in [-0.2, 0) is 47.7 Å². The first kappa shape index (κ1) is 42.5. The fraction of sp³-hybridized carbons (Fsp3) is 0.904. The van der Waals surface area contributed by atoms with Gasteiger partial charge in [0.25, 0.3) is 0 Å². The molecule has 0 aromatic carbocycles. The lowest BCUT2D eigenvalue weighted by molar-refractivity contribution is -0.163. The Morgan fingerprint density at radius 3 is 1.57 bits per heavy atom. The zero-order valence-corrected chi connectivity index (χ0v) is 38.9. The summed E-state index contributed by atoms with van der Waals surface area (Å²) in [7, 11) is 1.60. The molecule has 0 aromatic rings. The van der Waals surface area contributed by atoms with Gasteiger partial charge in [0.1, 0.15) is 12.2 Å². The second kappa shape index (κ2) is 14.5. The Kier molecular flexibility index (Phi) is 9.46. The molecule has 13 rings (SSSR count). The number of carbonyl (C=O) groups excluding carboxylic acids is 4. The Bertz CT molecular complexity index is 2050. The highest BCUT2D eigenvalue weighted by molar-refractivity contribution is 6.04. The molecule has 13 fully saturated rings. The summed E-state index contributed by atoms with van der Waals surface area (Å²) in [6.07, 6.45) is 8.22. The topological polar surface area (TPSA) is 175 Å². The fourth-order valence-electron chi connectivity index (χ4n) is 20.5. The Balaban J connectivity index is 0.826. The van der Waals surface area contributed by atoms with Gasteiger partial charge in [0.05, 0.1) is 66.9 Å². The van der Waals surface area contributed by atoms with E-state index in [1.807, 2.05) is 27.7 Å². The van der Waals surface area contributed by atoms with Crippen LogP contribution in [-0.4, -0.2) is 107 Å². The zero-order chi connectivity index (χ0) is 45.0. The predicted octanol–water partition coefficient (Wildman–Crippen LogP) is 5.09. The zero-order valence-electron chi connectivity index (χ0n) is 38.9. The van der Waals surface area contributed by atoms with Crippen LogP contribution in [0.25, 0.3) is 0 Å². The van der Waals surface area contributed by atoms with Gasteiger partial charge in [0.15, 0.2) is 0 Å². The molecule has 2 amide bonds. The number of aliphatic hydroxyl groups excluding tert-OH is 1. The highest BCUT2D eigenvalue weighted by atomic mass is 16.6. The van der Waals surface area contributed by atoms with Crippen LogP contribution in [0, 0.1) is 136 Å². The SMILES string of the molecule is CC1C(=O)N(C)C(=O)C1CC1C(CC2C(CC3C(C)C4OC3C3C5CC(CC5C(=O)OC(C)(C)C)C43)C3OC2C2C4CC(CC4C(=O)OCCO)C32)C2OC1C1C3CC(CC3C(=O)O)C21. The van der Waals surface area contributed by atoms with Crippen LogP contribution >= 0.6 is 0 Å². The Labute approximate surface area is 382 Å². The Morgan fingerprint density at radius 1 is 0.615 bits per heavy atom. The highest BCUT2D eigenvalue weighted by Gasteiger charge is 2.75. The van der Waals surface area contributed by atoms with Crippen molar-refractivity contribution in [2.45, 2.75) is 135 Å². The maximum atomic E-state index is 13.8. The number of aliphatic carboxylic acids is 1. The van der Waals surface area contributed by atoms with Crippen molar-refractivity contribution in [3.05, 3.63) is 0 Å². The molecule has 6 saturated carbocycles. The van der Waals surface area contributed by atoms with Crippen molar-refractivity contribution in [3.8, 4) is 0 Å². The van der Waals surface area contributed by atoms with Crippen LogP contribution in [0.3, 0.4) is 0 Å². The van der Waals surface area contributed by atoms with Crippen molar-refractivity contribution >= 4 is 29.7 Å². The highest BCUT2D eigenvalue weighted by Crippen LogP contribution is 2.73. The first-order chi connectivity index (χ1) is 31.0. The average Bonchev–Trinajstić information content (AvgIpc) is 4.11. The number of esters is 2. The number of fused-ring (bicyclic) bond motifs is 27. The van der Waals surface area contributed by atoms with E-state index in [4.69, 9.17) is 23.7 Å². The number of aliphatic hydroxyl groups is 1. The molecular formula is C52H71NO12. The summed E-state index contributed by atoms with van der Waals surface area (Å²) in [6.45, 7) is 10.0. The van der Waals surface area contributed by atoms with Gasteiger partial charge in [-0.2, -0.15) is 0 Å². The molecule has 13 aliphatic rings. The number of hydrogen-bond acceptors (Lipinski definition) is 11. The molecule has 65 heavy (non-hydrogen) atoms. The van der Waals surface area contributed by atoms with E-state index in [0.29, 0.717) is 77.9 Å². The van der Waals surface area contributed by atoms with Gasteiger partial charge < -0.3 is 33.9 Å². The van der Waals surface area contributed by atoms with Gasteiger partial charge in [0.2, 0.25) is 11.8 Å². The molecule has 6 aliphatic carbocycles. The van der Waals surface area contributed by atoms with E-state index in [0.717, 1.165) is 44.9 Å². The number of ether oxygens (including phenoxy) is 5. The van der Waals surface area contributed by atoms with E-state index in [2.05, 4.69) is 6.92 Å². The molecule has 29 unspecified atom stereocenters. The lowest BCUT2D eigenvalue weighted by Gasteiger charge is -2.47. The van der Waals surface area contributed by atoms with E-state index in [-0.39, 0.29) is 133 Å². The summed E-state index contributed by atoms with van der Waals surface area (Å²) < 4.78 is 33.3. The molecule has 356 valence electrons.